The Hall–Kier alpha value is -3.58. The summed E-state index contributed by atoms with van der Waals surface area (Å²) in [6.07, 6.45) is 7.78. The van der Waals surface area contributed by atoms with Crippen molar-refractivity contribution in [2.75, 3.05) is 50.7 Å². The molecule has 0 unspecified atom stereocenters. The number of benzene rings is 1. The van der Waals surface area contributed by atoms with Crippen LogP contribution in [-0.4, -0.2) is 116 Å². The fourth-order valence-electron chi connectivity index (χ4n) is 8.49. The minimum Gasteiger partial charge on any atom is -0.434 e. The van der Waals surface area contributed by atoms with Gasteiger partial charge in [0.1, 0.15) is 17.9 Å². The van der Waals surface area contributed by atoms with Crippen molar-refractivity contribution in [2.45, 2.75) is 103 Å². The van der Waals surface area contributed by atoms with Gasteiger partial charge in [-0.1, -0.05) is 0 Å². The van der Waals surface area contributed by atoms with Gasteiger partial charge in [0.2, 0.25) is 0 Å². The van der Waals surface area contributed by atoms with Gasteiger partial charge in [0.05, 0.1) is 23.2 Å². The number of carbonyl (C=O) groups excluding carboxylic acids is 2. The summed E-state index contributed by atoms with van der Waals surface area (Å²) in [6.45, 7) is 17.1. The third kappa shape index (κ3) is 7.77. The molecule has 3 amide bonds. The Bertz CT molecular complexity index is 1500. The van der Waals surface area contributed by atoms with Gasteiger partial charge in [0.25, 0.3) is 11.8 Å². The van der Waals surface area contributed by atoms with Crippen LogP contribution in [0.3, 0.4) is 0 Å². The monoisotopic (exact) mass is 680 g/mol. The fourth-order valence-corrected chi connectivity index (χ4v) is 8.49. The summed E-state index contributed by atoms with van der Waals surface area (Å²) in [5.41, 5.74) is -0.710. The number of nitrogens with zero attached hydrogens (tertiary/aromatic N) is 7. The molecule has 2 aromatic rings. The zero-order chi connectivity index (χ0) is 35.1. The van der Waals surface area contributed by atoms with Crippen molar-refractivity contribution in [2.24, 2.45) is 11.3 Å². The molecule has 3 saturated heterocycles. The first kappa shape index (κ1) is 35.3. The SMILES string of the molecule is CC(C)N(C(=O)c1cc(F)ccc1Oc1nncnc1N1CC2(CCN(CC3CCC4(CC3)CN(CC(C)(C)O)C(=O)N4)CC2)C1)C(C)C. The van der Waals surface area contributed by atoms with Gasteiger partial charge < -0.3 is 34.8 Å². The number of ether oxygens (including phenoxy) is 1. The van der Waals surface area contributed by atoms with Gasteiger partial charge in [-0.15, -0.1) is 10.2 Å². The molecular weight excluding hydrogens is 627 g/mol. The van der Waals surface area contributed by atoms with Crippen molar-refractivity contribution in [3.8, 4) is 11.6 Å². The third-order valence-corrected chi connectivity index (χ3v) is 10.9. The number of amides is 3. The van der Waals surface area contributed by atoms with E-state index in [0.717, 1.165) is 71.2 Å². The smallest absolute Gasteiger partial charge is 0.318 e. The van der Waals surface area contributed by atoms with Crippen LogP contribution in [0.15, 0.2) is 24.5 Å². The number of carbonyl (C=O) groups is 2. The van der Waals surface area contributed by atoms with Crippen LogP contribution in [0.25, 0.3) is 0 Å². The lowest BCUT2D eigenvalue weighted by Crippen LogP contribution is -2.61. The van der Waals surface area contributed by atoms with Crippen molar-refractivity contribution in [3.63, 3.8) is 0 Å². The molecular formula is C36H53FN8O4. The average Bonchev–Trinajstić information content (AvgIpc) is 3.30. The van der Waals surface area contributed by atoms with Gasteiger partial charge in [0.15, 0.2) is 5.82 Å². The molecule has 2 spiro atoms. The number of anilines is 1. The van der Waals surface area contributed by atoms with E-state index in [2.05, 4.69) is 30.3 Å². The van der Waals surface area contributed by atoms with E-state index in [4.69, 9.17) is 4.74 Å². The Morgan fingerprint density at radius 1 is 1.10 bits per heavy atom. The molecule has 49 heavy (non-hydrogen) atoms. The topological polar surface area (TPSA) is 127 Å². The number of urea groups is 1. The molecule has 0 bridgehead atoms. The lowest BCUT2D eigenvalue weighted by atomic mass is 9.71. The predicted molar refractivity (Wildman–Crippen MR) is 184 cm³/mol. The maximum atomic E-state index is 14.4. The van der Waals surface area contributed by atoms with E-state index in [9.17, 15) is 19.1 Å². The van der Waals surface area contributed by atoms with E-state index in [1.807, 2.05) is 27.7 Å². The highest BCUT2D eigenvalue weighted by Gasteiger charge is 2.48. The number of rotatable bonds is 10. The fraction of sp³-hybridized carbons (Fsp3) is 0.694. The zero-order valence-corrected chi connectivity index (χ0v) is 29.9. The van der Waals surface area contributed by atoms with Crippen molar-refractivity contribution in [1.29, 1.82) is 0 Å². The summed E-state index contributed by atoms with van der Waals surface area (Å²) in [5.74, 6) is 0.807. The number of halogens is 1. The van der Waals surface area contributed by atoms with Crippen LogP contribution in [0.1, 0.15) is 90.4 Å². The summed E-state index contributed by atoms with van der Waals surface area (Å²) in [6, 6.07) is 3.76. The highest BCUT2D eigenvalue weighted by atomic mass is 19.1. The van der Waals surface area contributed by atoms with Crippen LogP contribution in [0, 0.1) is 17.2 Å². The molecule has 268 valence electrons. The van der Waals surface area contributed by atoms with Crippen LogP contribution in [0.2, 0.25) is 0 Å². The van der Waals surface area contributed by atoms with Gasteiger partial charge in [-0.05, 0) is 117 Å². The number of β-amino-alcohol motifs (C(OH)–C–C–N with tert-alkyl or cyclic N) is 1. The zero-order valence-electron chi connectivity index (χ0n) is 29.9. The van der Waals surface area contributed by atoms with Crippen molar-refractivity contribution in [1.82, 2.24) is 35.2 Å². The minimum absolute atomic E-state index is 0.0530. The summed E-state index contributed by atoms with van der Waals surface area (Å²) >= 11 is 0. The van der Waals surface area contributed by atoms with Crippen LogP contribution in [-0.2, 0) is 0 Å². The lowest BCUT2D eigenvalue weighted by Gasteiger charge is -2.54. The van der Waals surface area contributed by atoms with E-state index in [0.29, 0.717) is 24.8 Å². The molecule has 3 aliphatic heterocycles. The summed E-state index contributed by atoms with van der Waals surface area (Å²) in [7, 11) is 0. The molecule has 0 radical (unpaired) electrons. The van der Waals surface area contributed by atoms with Crippen LogP contribution < -0.4 is 15.0 Å². The average molecular weight is 681 g/mol. The number of nitrogens with one attached hydrogen (secondary N) is 1. The van der Waals surface area contributed by atoms with Gasteiger partial charge in [-0.25, -0.2) is 14.2 Å². The molecule has 6 rings (SSSR count). The second kappa shape index (κ2) is 13.6. The molecule has 1 aromatic carbocycles. The Labute approximate surface area is 289 Å². The molecule has 1 aromatic heterocycles. The number of piperidine rings is 1. The largest absolute Gasteiger partial charge is 0.434 e. The van der Waals surface area contributed by atoms with Crippen LogP contribution in [0.4, 0.5) is 15.0 Å². The maximum Gasteiger partial charge on any atom is 0.318 e. The molecule has 1 aliphatic carbocycles. The molecule has 4 heterocycles. The molecule has 4 aliphatic rings. The van der Waals surface area contributed by atoms with E-state index in [1.54, 1.807) is 23.6 Å². The maximum absolute atomic E-state index is 14.4. The summed E-state index contributed by atoms with van der Waals surface area (Å²) < 4.78 is 20.6. The van der Waals surface area contributed by atoms with E-state index < -0.39 is 11.4 Å². The van der Waals surface area contributed by atoms with Gasteiger partial charge >= 0.3 is 6.03 Å². The van der Waals surface area contributed by atoms with E-state index >= 15 is 0 Å². The summed E-state index contributed by atoms with van der Waals surface area (Å²) in [4.78, 5) is 38.9. The molecule has 13 heteroatoms. The number of likely N-dealkylation sites (tertiary alicyclic amines) is 1. The Morgan fingerprint density at radius 3 is 2.41 bits per heavy atom. The molecule has 2 N–H and O–H groups in total. The minimum atomic E-state index is -0.899. The Morgan fingerprint density at radius 2 is 1.78 bits per heavy atom. The van der Waals surface area contributed by atoms with E-state index in [1.165, 1.54) is 24.5 Å². The third-order valence-electron chi connectivity index (χ3n) is 10.9. The van der Waals surface area contributed by atoms with E-state index in [-0.39, 0.29) is 52.2 Å². The first-order valence-electron chi connectivity index (χ1n) is 17.9. The quantitative estimate of drug-likeness (QED) is 0.368. The first-order valence-corrected chi connectivity index (χ1v) is 17.9. The van der Waals surface area contributed by atoms with Crippen molar-refractivity contribution in [3.05, 3.63) is 35.9 Å². The molecule has 0 atom stereocenters. The van der Waals surface area contributed by atoms with Crippen LogP contribution >= 0.6 is 0 Å². The second-order valence-corrected chi connectivity index (χ2v) is 16.2. The van der Waals surface area contributed by atoms with Crippen molar-refractivity contribution >= 4 is 17.8 Å². The number of aromatic nitrogens is 3. The Kier molecular flexibility index (Phi) is 9.80. The van der Waals surface area contributed by atoms with Crippen molar-refractivity contribution < 1.29 is 23.8 Å². The molecule has 1 saturated carbocycles. The molecule has 12 nitrogen and oxygen atoms in total. The molecule has 4 fully saturated rings. The van der Waals surface area contributed by atoms with Gasteiger partial charge in [0, 0.05) is 43.7 Å². The number of hydrogen-bond donors (Lipinski definition) is 2. The second-order valence-electron chi connectivity index (χ2n) is 16.2. The predicted octanol–water partition coefficient (Wildman–Crippen LogP) is 4.69. The van der Waals surface area contributed by atoms with Gasteiger partial charge in [-0.2, -0.15) is 0 Å². The standard InChI is InChI=1S/C36H53FN8O4/c1-24(2)45(25(3)4)32(46)28-17-27(37)7-8-29(28)49-31-30(38-23-39-41-31)43-20-35(21-43)13-15-42(16-14-35)18-26-9-11-36(12-10-26)22-44(33(47)40-36)19-34(5,6)48/h7-8,17,23-26,48H,9-16,18-22H2,1-6H3,(H,40,47). The first-order chi connectivity index (χ1) is 23.1. The Balaban J connectivity index is 1.02. The normalized spacial score (nSPS) is 24.1. The highest BCUT2D eigenvalue weighted by Crippen LogP contribution is 2.45. The number of hydrogen-bond acceptors (Lipinski definition) is 9. The van der Waals surface area contributed by atoms with Crippen LogP contribution in [0.5, 0.6) is 11.6 Å². The number of aliphatic hydroxyl groups is 1. The summed E-state index contributed by atoms with van der Waals surface area (Å²) in [5, 5.41) is 21.7. The highest BCUT2D eigenvalue weighted by molar-refractivity contribution is 5.97. The lowest BCUT2D eigenvalue weighted by molar-refractivity contribution is 0.0462. The van der Waals surface area contributed by atoms with Gasteiger partial charge in [-0.3, -0.25) is 4.79 Å².